The second-order valence-electron chi connectivity index (χ2n) is 5.21. The number of hydrogen-bond donors (Lipinski definition) is 1. The number of nitrogens with one attached hydrogen (secondary N) is 1. The highest BCUT2D eigenvalue weighted by molar-refractivity contribution is 5.47. The smallest absolute Gasteiger partial charge is 0.165 e. The van der Waals surface area contributed by atoms with Gasteiger partial charge in [0.2, 0.25) is 0 Å². The zero-order valence-corrected chi connectivity index (χ0v) is 11.5. The van der Waals surface area contributed by atoms with Crippen LogP contribution in [0.1, 0.15) is 32.8 Å². The third-order valence-corrected chi connectivity index (χ3v) is 3.47. The molecular weight excluding hydrogens is 226 g/mol. The van der Waals surface area contributed by atoms with Crippen molar-refractivity contribution in [2.75, 3.05) is 13.2 Å². The van der Waals surface area contributed by atoms with Gasteiger partial charge in [0.15, 0.2) is 11.5 Å². The molecule has 0 bridgehead atoms. The first kappa shape index (κ1) is 13.2. The van der Waals surface area contributed by atoms with Crippen LogP contribution in [0, 0.1) is 5.92 Å². The SMILES string of the molecule is CC(C)C(C)NCc1cccc2c1OCCCO2. The monoisotopic (exact) mass is 249 g/mol. The van der Waals surface area contributed by atoms with Crippen molar-refractivity contribution < 1.29 is 9.47 Å². The van der Waals surface area contributed by atoms with Gasteiger partial charge < -0.3 is 14.8 Å². The summed E-state index contributed by atoms with van der Waals surface area (Å²) >= 11 is 0. The molecule has 0 radical (unpaired) electrons. The van der Waals surface area contributed by atoms with Gasteiger partial charge in [-0.15, -0.1) is 0 Å². The fourth-order valence-corrected chi connectivity index (χ4v) is 1.90. The second kappa shape index (κ2) is 6.10. The van der Waals surface area contributed by atoms with Crippen LogP contribution in [0.15, 0.2) is 18.2 Å². The first-order valence-electron chi connectivity index (χ1n) is 6.79. The molecule has 18 heavy (non-hydrogen) atoms. The Kier molecular flexibility index (Phi) is 4.48. The van der Waals surface area contributed by atoms with E-state index in [1.807, 2.05) is 12.1 Å². The summed E-state index contributed by atoms with van der Waals surface area (Å²) < 4.78 is 11.5. The average Bonchev–Trinajstić information content (AvgIpc) is 2.61. The lowest BCUT2D eigenvalue weighted by Crippen LogP contribution is -2.30. The van der Waals surface area contributed by atoms with E-state index in [0.29, 0.717) is 12.0 Å². The molecule has 3 nitrogen and oxygen atoms in total. The van der Waals surface area contributed by atoms with Crippen molar-refractivity contribution in [2.45, 2.75) is 39.8 Å². The summed E-state index contributed by atoms with van der Waals surface area (Å²) in [6.07, 6.45) is 0.948. The fourth-order valence-electron chi connectivity index (χ4n) is 1.90. The fraction of sp³-hybridized carbons (Fsp3) is 0.600. The lowest BCUT2D eigenvalue weighted by Gasteiger charge is -2.19. The maximum atomic E-state index is 5.81. The standard InChI is InChI=1S/C15H23NO2/c1-11(2)12(3)16-10-13-6-4-7-14-15(13)18-9-5-8-17-14/h4,6-7,11-12,16H,5,8-10H2,1-3H3. The number of benzene rings is 1. The van der Waals surface area contributed by atoms with Crippen molar-refractivity contribution >= 4 is 0 Å². The van der Waals surface area contributed by atoms with Gasteiger partial charge in [0.25, 0.3) is 0 Å². The Balaban J connectivity index is 2.08. The van der Waals surface area contributed by atoms with E-state index < -0.39 is 0 Å². The number of rotatable bonds is 4. The predicted molar refractivity (Wildman–Crippen MR) is 73.2 cm³/mol. The van der Waals surface area contributed by atoms with E-state index in [4.69, 9.17) is 9.47 Å². The van der Waals surface area contributed by atoms with Gasteiger partial charge in [0.1, 0.15) is 0 Å². The van der Waals surface area contributed by atoms with E-state index in [-0.39, 0.29) is 0 Å². The van der Waals surface area contributed by atoms with Crippen LogP contribution in [0.25, 0.3) is 0 Å². The third-order valence-electron chi connectivity index (χ3n) is 3.47. The molecule has 0 amide bonds. The van der Waals surface area contributed by atoms with Gasteiger partial charge in [-0.05, 0) is 18.9 Å². The minimum Gasteiger partial charge on any atom is -0.490 e. The Morgan fingerprint density at radius 3 is 2.72 bits per heavy atom. The highest BCUT2D eigenvalue weighted by Gasteiger charge is 2.15. The Morgan fingerprint density at radius 2 is 1.94 bits per heavy atom. The highest BCUT2D eigenvalue weighted by atomic mass is 16.5. The number of para-hydroxylation sites is 1. The zero-order valence-electron chi connectivity index (χ0n) is 11.5. The lowest BCUT2D eigenvalue weighted by molar-refractivity contribution is 0.295. The van der Waals surface area contributed by atoms with Crippen molar-refractivity contribution in [3.63, 3.8) is 0 Å². The summed E-state index contributed by atoms with van der Waals surface area (Å²) in [5, 5.41) is 3.53. The van der Waals surface area contributed by atoms with Crippen LogP contribution in [0.3, 0.4) is 0 Å². The Bertz CT molecular complexity index is 390. The van der Waals surface area contributed by atoms with Crippen LogP contribution in [0.2, 0.25) is 0 Å². The quantitative estimate of drug-likeness (QED) is 0.890. The molecule has 0 saturated carbocycles. The number of fused-ring (bicyclic) bond motifs is 1. The van der Waals surface area contributed by atoms with Gasteiger partial charge in [-0.25, -0.2) is 0 Å². The Hall–Kier alpha value is -1.22. The zero-order chi connectivity index (χ0) is 13.0. The van der Waals surface area contributed by atoms with E-state index in [2.05, 4.69) is 32.2 Å². The lowest BCUT2D eigenvalue weighted by atomic mass is 10.1. The molecule has 1 N–H and O–H groups in total. The molecule has 0 saturated heterocycles. The van der Waals surface area contributed by atoms with Gasteiger partial charge in [-0.3, -0.25) is 0 Å². The summed E-state index contributed by atoms with van der Waals surface area (Å²) in [5.74, 6) is 2.42. The molecule has 1 atom stereocenters. The van der Waals surface area contributed by atoms with E-state index >= 15 is 0 Å². The second-order valence-corrected chi connectivity index (χ2v) is 5.21. The van der Waals surface area contributed by atoms with E-state index in [1.165, 1.54) is 5.56 Å². The maximum Gasteiger partial charge on any atom is 0.165 e. The summed E-state index contributed by atoms with van der Waals surface area (Å²) in [4.78, 5) is 0. The van der Waals surface area contributed by atoms with Gasteiger partial charge in [0, 0.05) is 24.6 Å². The first-order chi connectivity index (χ1) is 8.68. The van der Waals surface area contributed by atoms with Gasteiger partial charge in [0.05, 0.1) is 13.2 Å². The molecule has 1 unspecified atom stereocenters. The van der Waals surface area contributed by atoms with Crippen LogP contribution in [-0.2, 0) is 6.54 Å². The summed E-state index contributed by atoms with van der Waals surface area (Å²) in [6, 6.07) is 6.61. The van der Waals surface area contributed by atoms with Crippen molar-refractivity contribution in [1.82, 2.24) is 5.32 Å². The van der Waals surface area contributed by atoms with Crippen molar-refractivity contribution in [1.29, 1.82) is 0 Å². The minimum absolute atomic E-state index is 0.493. The van der Waals surface area contributed by atoms with Crippen molar-refractivity contribution in [3.05, 3.63) is 23.8 Å². The molecule has 0 aromatic heterocycles. The molecule has 100 valence electrons. The molecule has 1 aliphatic heterocycles. The number of ether oxygens (including phenoxy) is 2. The predicted octanol–water partition coefficient (Wildman–Crippen LogP) is 2.98. The maximum absolute atomic E-state index is 5.81. The molecule has 0 aliphatic carbocycles. The van der Waals surface area contributed by atoms with Gasteiger partial charge in [-0.2, -0.15) is 0 Å². The normalized spacial score (nSPS) is 16.4. The van der Waals surface area contributed by atoms with E-state index in [1.54, 1.807) is 0 Å². The molecule has 1 heterocycles. The van der Waals surface area contributed by atoms with Crippen LogP contribution in [0.5, 0.6) is 11.5 Å². The molecule has 0 fully saturated rings. The summed E-state index contributed by atoms with van der Waals surface area (Å²) in [7, 11) is 0. The van der Waals surface area contributed by atoms with Gasteiger partial charge in [-0.1, -0.05) is 26.0 Å². The molecule has 3 heteroatoms. The minimum atomic E-state index is 0.493. The van der Waals surface area contributed by atoms with Crippen LogP contribution in [-0.4, -0.2) is 19.3 Å². The molecule has 1 aliphatic rings. The summed E-state index contributed by atoms with van der Waals surface area (Å²) in [6.45, 7) is 8.97. The number of hydrogen-bond acceptors (Lipinski definition) is 3. The molecule has 0 spiro atoms. The first-order valence-corrected chi connectivity index (χ1v) is 6.79. The molecule has 2 rings (SSSR count). The van der Waals surface area contributed by atoms with Crippen molar-refractivity contribution in [2.24, 2.45) is 5.92 Å². The van der Waals surface area contributed by atoms with Crippen molar-refractivity contribution in [3.8, 4) is 11.5 Å². The third kappa shape index (κ3) is 3.16. The largest absolute Gasteiger partial charge is 0.490 e. The van der Waals surface area contributed by atoms with E-state index in [9.17, 15) is 0 Å². The topological polar surface area (TPSA) is 30.5 Å². The Morgan fingerprint density at radius 1 is 1.17 bits per heavy atom. The molecule has 1 aromatic rings. The van der Waals surface area contributed by atoms with Crippen LogP contribution >= 0.6 is 0 Å². The Labute approximate surface area is 109 Å². The van der Waals surface area contributed by atoms with E-state index in [0.717, 1.165) is 37.7 Å². The average molecular weight is 249 g/mol. The molecular formula is C15H23NO2. The van der Waals surface area contributed by atoms with Crippen LogP contribution < -0.4 is 14.8 Å². The molecule has 1 aromatic carbocycles. The van der Waals surface area contributed by atoms with Crippen LogP contribution in [0.4, 0.5) is 0 Å². The summed E-state index contributed by atoms with van der Waals surface area (Å²) in [5.41, 5.74) is 1.18. The highest BCUT2D eigenvalue weighted by Crippen LogP contribution is 2.33. The van der Waals surface area contributed by atoms with Gasteiger partial charge >= 0.3 is 0 Å².